The van der Waals surface area contributed by atoms with Crippen molar-refractivity contribution in [2.75, 3.05) is 31.5 Å². The van der Waals surface area contributed by atoms with Crippen molar-refractivity contribution < 1.29 is 22.0 Å². The van der Waals surface area contributed by atoms with Gasteiger partial charge in [0.1, 0.15) is 18.2 Å². The van der Waals surface area contributed by atoms with Crippen LogP contribution in [0.3, 0.4) is 0 Å². The Balaban J connectivity index is 2.07. The topological polar surface area (TPSA) is 69.7 Å². The van der Waals surface area contributed by atoms with E-state index in [1.165, 1.54) is 44.4 Å². The van der Waals surface area contributed by atoms with Gasteiger partial charge in [0, 0.05) is 20.6 Å². The maximum absolute atomic E-state index is 14.1. The second-order valence-corrected chi connectivity index (χ2v) is 8.04. The van der Waals surface area contributed by atoms with Crippen molar-refractivity contribution in [1.29, 1.82) is 0 Å². The van der Waals surface area contributed by atoms with Crippen LogP contribution in [0.25, 0.3) is 0 Å². The summed E-state index contributed by atoms with van der Waals surface area (Å²) < 4.78 is 53.6. The average Bonchev–Trinajstić information content (AvgIpc) is 2.62. The third-order valence-electron chi connectivity index (χ3n) is 3.80. The van der Waals surface area contributed by atoms with E-state index in [0.717, 1.165) is 20.2 Å². The van der Waals surface area contributed by atoms with Gasteiger partial charge in [-0.1, -0.05) is 24.3 Å². The molecule has 2 rings (SSSR count). The minimum Gasteiger partial charge on any atom is -0.354 e. The number of nitrogens with zero attached hydrogens (tertiary/aromatic N) is 2. The van der Waals surface area contributed by atoms with Crippen molar-refractivity contribution in [2.24, 2.45) is 0 Å². The summed E-state index contributed by atoms with van der Waals surface area (Å²) in [6.45, 7) is -0.331. The summed E-state index contributed by atoms with van der Waals surface area (Å²) in [4.78, 5) is 12.2. The second kappa shape index (κ2) is 8.92. The zero-order valence-electron chi connectivity index (χ0n) is 15.0. The number of amides is 1. The van der Waals surface area contributed by atoms with Crippen LogP contribution >= 0.6 is 0 Å². The molecular formula is C18H21F2N3O3S. The Morgan fingerprint density at radius 1 is 1.04 bits per heavy atom. The molecule has 0 aliphatic rings. The summed E-state index contributed by atoms with van der Waals surface area (Å²) in [6.07, 6.45) is 0.451. The lowest BCUT2D eigenvalue weighted by Crippen LogP contribution is -2.46. The Morgan fingerprint density at radius 2 is 1.67 bits per heavy atom. The Labute approximate surface area is 157 Å². The maximum atomic E-state index is 14.1. The van der Waals surface area contributed by atoms with E-state index in [0.29, 0.717) is 6.42 Å². The van der Waals surface area contributed by atoms with Gasteiger partial charge in [-0.25, -0.2) is 13.1 Å². The van der Waals surface area contributed by atoms with Gasteiger partial charge in [-0.2, -0.15) is 12.7 Å². The summed E-state index contributed by atoms with van der Waals surface area (Å²) in [6, 6.07) is 11.2. The molecule has 0 atom stereocenters. The van der Waals surface area contributed by atoms with E-state index in [4.69, 9.17) is 0 Å². The Morgan fingerprint density at radius 3 is 2.26 bits per heavy atom. The van der Waals surface area contributed by atoms with Gasteiger partial charge in [0.15, 0.2) is 0 Å². The third kappa shape index (κ3) is 5.48. The number of rotatable bonds is 8. The zero-order valence-corrected chi connectivity index (χ0v) is 15.8. The molecule has 0 heterocycles. The van der Waals surface area contributed by atoms with E-state index in [9.17, 15) is 22.0 Å². The summed E-state index contributed by atoms with van der Waals surface area (Å²) in [5, 5.41) is 2.60. The molecule has 9 heteroatoms. The summed E-state index contributed by atoms with van der Waals surface area (Å²) in [5.41, 5.74) is 0.614. The first kappa shape index (κ1) is 20.8. The first-order chi connectivity index (χ1) is 12.7. The fourth-order valence-electron chi connectivity index (χ4n) is 2.33. The van der Waals surface area contributed by atoms with Crippen LogP contribution in [0.5, 0.6) is 0 Å². The zero-order chi connectivity index (χ0) is 20.0. The predicted octanol–water partition coefficient (Wildman–Crippen LogP) is 1.94. The number of nitrogens with one attached hydrogen (secondary N) is 1. The highest BCUT2D eigenvalue weighted by Crippen LogP contribution is 2.22. The molecule has 0 unspecified atom stereocenters. The second-order valence-electron chi connectivity index (χ2n) is 5.97. The molecule has 27 heavy (non-hydrogen) atoms. The first-order valence-electron chi connectivity index (χ1n) is 8.17. The van der Waals surface area contributed by atoms with Crippen LogP contribution in [0.4, 0.5) is 14.5 Å². The molecule has 0 aliphatic carbocycles. The van der Waals surface area contributed by atoms with Gasteiger partial charge < -0.3 is 5.32 Å². The van der Waals surface area contributed by atoms with Crippen molar-refractivity contribution in [3.05, 3.63) is 65.7 Å². The Bertz CT molecular complexity index is 887. The van der Waals surface area contributed by atoms with Crippen LogP contribution in [-0.4, -0.2) is 45.8 Å². The molecule has 6 nitrogen and oxygen atoms in total. The number of hydrogen-bond donors (Lipinski definition) is 1. The number of carbonyl (C=O) groups excluding carboxylic acids is 1. The first-order valence-corrected chi connectivity index (χ1v) is 9.57. The predicted molar refractivity (Wildman–Crippen MR) is 99.5 cm³/mol. The largest absolute Gasteiger partial charge is 0.354 e. The number of anilines is 1. The van der Waals surface area contributed by atoms with E-state index >= 15 is 0 Å². The fraction of sp³-hybridized carbons (Fsp3) is 0.278. The maximum Gasteiger partial charge on any atom is 0.304 e. The Kier molecular flexibility index (Phi) is 6.86. The normalized spacial score (nSPS) is 11.4. The van der Waals surface area contributed by atoms with Crippen LogP contribution in [0.2, 0.25) is 0 Å². The van der Waals surface area contributed by atoms with E-state index in [1.54, 1.807) is 12.1 Å². The molecule has 0 fully saturated rings. The molecule has 146 valence electrons. The molecule has 0 spiro atoms. The van der Waals surface area contributed by atoms with Crippen molar-refractivity contribution >= 4 is 21.8 Å². The van der Waals surface area contributed by atoms with Crippen molar-refractivity contribution in [2.45, 2.75) is 6.42 Å². The molecule has 1 N–H and O–H groups in total. The Hall–Kier alpha value is -2.52. The minimum atomic E-state index is -4.07. The van der Waals surface area contributed by atoms with Crippen LogP contribution in [0.15, 0.2) is 48.5 Å². The van der Waals surface area contributed by atoms with Gasteiger partial charge in [-0.05, 0) is 36.2 Å². The summed E-state index contributed by atoms with van der Waals surface area (Å²) >= 11 is 0. The highest BCUT2D eigenvalue weighted by molar-refractivity contribution is 7.90. The highest BCUT2D eigenvalue weighted by atomic mass is 32.2. The molecule has 0 saturated carbocycles. The number of para-hydroxylation sites is 1. The molecular weight excluding hydrogens is 376 g/mol. The summed E-state index contributed by atoms with van der Waals surface area (Å²) in [7, 11) is -1.46. The quantitative estimate of drug-likeness (QED) is 0.740. The van der Waals surface area contributed by atoms with E-state index in [2.05, 4.69) is 5.32 Å². The van der Waals surface area contributed by atoms with Gasteiger partial charge in [0.2, 0.25) is 5.91 Å². The molecule has 0 aliphatic heterocycles. The fourth-order valence-corrected chi connectivity index (χ4v) is 3.40. The lowest BCUT2D eigenvalue weighted by atomic mass is 10.1. The molecule has 0 radical (unpaired) electrons. The van der Waals surface area contributed by atoms with Gasteiger partial charge >= 0.3 is 10.2 Å². The van der Waals surface area contributed by atoms with Crippen LogP contribution < -0.4 is 9.62 Å². The number of benzene rings is 2. The molecule has 0 bridgehead atoms. The third-order valence-corrected chi connectivity index (χ3v) is 5.60. The standard InChI is InChI=1S/C18H21F2N3O3S/c1-22(2)27(25,26)23(17-6-4-3-5-16(17)20)13-18(24)21-12-11-14-7-9-15(19)10-8-14/h3-10H,11-13H2,1-2H3,(H,21,24). The van der Waals surface area contributed by atoms with Crippen LogP contribution in [0, 0.1) is 11.6 Å². The number of hydrogen-bond acceptors (Lipinski definition) is 3. The van der Waals surface area contributed by atoms with Gasteiger partial charge in [-0.15, -0.1) is 0 Å². The summed E-state index contributed by atoms with van der Waals surface area (Å²) in [5.74, 6) is -1.68. The molecule has 2 aromatic rings. The van der Waals surface area contributed by atoms with Crippen molar-refractivity contribution in [3.63, 3.8) is 0 Å². The van der Waals surface area contributed by atoms with Gasteiger partial charge in [0.25, 0.3) is 0 Å². The number of carbonyl (C=O) groups is 1. The lowest BCUT2D eigenvalue weighted by Gasteiger charge is -2.27. The SMILES string of the molecule is CN(C)S(=O)(=O)N(CC(=O)NCCc1ccc(F)cc1)c1ccccc1F. The molecule has 0 aromatic heterocycles. The molecule has 0 saturated heterocycles. The van der Waals surface area contributed by atoms with E-state index < -0.39 is 28.5 Å². The molecule has 1 amide bonds. The van der Waals surface area contributed by atoms with Gasteiger partial charge in [-0.3, -0.25) is 4.79 Å². The number of halogens is 2. The van der Waals surface area contributed by atoms with E-state index in [-0.39, 0.29) is 18.0 Å². The van der Waals surface area contributed by atoms with Crippen molar-refractivity contribution in [3.8, 4) is 0 Å². The van der Waals surface area contributed by atoms with Gasteiger partial charge in [0.05, 0.1) is 5.69 Å². The van der Waals surface area contributed by atoms with Crippen molar-refractivity contribution in [1.82, 2.24) is 9.62 Å². The smallest absolute Gasteiger partial charge is 0.304 e. The average molecular weight is 397 g/mol. The van der Waals surface area contributed by atoms with Crippen LogP contribution in [0.1, 0.15) is 5.56 Å². The van der Waals surface area contributed by atoms with Crippen LogP contribution in [-0.2, 0) is 21.4 Å². The van der Waals surface area contributed by atoms with E-state index in [1.807, 2.05) is 0 Å². The highest BCUT2D eigenvalue weighted by Gasteiger charge is 2.29. The lowest BCUT2D eigenvalue weighted by molar-refractivity contribution is -0.119. The monoisotopic (exact) mass is 397 g/mol. The molecule has 2 aromatic carbocycles. The minimum absolute atomic E-state index is 0.208.